The maximum atomic E-state index is 13.1. The number of hydrogen-bond donors (Lipinski definition) is 3. The number of aliphatic imine (C=N–C) groups is 1. The molecule has 7 nitrogen and oxygen atoms in total. The van der Waals surface area contributed by atoms with Crippen molar-refractivity contribution in [3.05, 3.63) is 41.7 Å². The number of halogens is 3. The first kappa shape index (κ1) is 21.9. The zero-order valence-corrected chi connectivity index (χ0v) is 17.8. The summed E-state index contributed by atoms with van der Waals surface area (Å²) in [5, 5.41) is 17.7. The molecule has 1 saturated carbocycles. The first-order chi connectivity index (χ1) is 15.2. The number of alkyl halides is 3. The number of hydrogen-bond acceptors (Lipinski definition) is 4. The second-order valence-electron chi connectivity index (χ2n) is 8.04. The number of nitrogens with zero attached hydrogens (tertiary/aromatic N) is 3. The quantitative estimate of drug-likeness (QED) is 0.459. The summed E-state index contributed by atoms with van der Waals surface area (Å²) >= 11 is 0. The molecule has 1 aliphatic carbocycles. The van der Waals surface area contributed by atoms with Gasteiger partial charge < -0.3 is 15.4 Å². The van der Waals surface area contributed by atoms with E-state index in [2.05, 4.69) is 20.4 Å². The second-order valence-corrected chi connectivity index (χ2v) is 8.04. The van der Waals surface area contributed by atoms with E-state index in [1.807, 2.05) is 13.8 Å². The number of aromatic nitrogens is 3. The van der Waals surface area contributed by atoms with Gasteiger partial charge in [-0.1, -0.05) is 6.92 Å². The summed E-state index contributed by atoms with van der Waals surface area (Å²) in [7, 11) is 0. The number of amides is 1. The van der Waals surface area contributed by atoms with Gasteiger partial charge in [0.1, 0.15) is 5.69 Å². The molecular weight excluding hydrogens is 423 g/mol. The summed E-state index contributed by atoms with van der Waals surface area (Å²) in [5.74, 6) is -0.677. The molecule has 0 saturated heterocycles. The molecule has 2 aromatic heterocycles. The van der Waals surface area contributed by atoms with Crippen LogP contribution in [0, 0.1) is 5.41 Å². The highest BCUT2D eigenvalue weighted by atomic mass is 19.4. The van der Waals surface area contributed by atoms with Crippen molar-refractivity contribution in [1.29, 1.82) is 0 Å². The van der Waals surface area contributed by atoms with Crippen molar-refractivity contribution in [3.63, 3.8) is 0 Å². The zero-order valence-electron chi connectivity index (χ0n) is 17.8. The van der Waals surface area contributed by atoms with Gasteiger partial charge in [0.05, 0.1) is 29.1 Å². The van der Waals surface area contributed by atoms with Gasteiger partial charge in [0.25, 0.3) is 5.91 Å². The predicted octanol–water partition coefficient (Wildman–Crippen LogP) is 4.69. The summed E-state index contributed by atoms with van der Waals surface area (Å²) in [4.78, 5) is 20.1. The van der Waals surface area contributed by atoms with Crippen LogP contribution in [-0.4, -0.2) is 44.2 Å². The molecule has 10 heteroatoms. The lowest BCUT2D eigenvalue weighted by Gasteiger charge is -2.19. The van der Waals surface area contributed by atoms with E-state index in [-0.39, 0.29) is 24.3 Å². The third-order valence-corrected chi connectivity index (χ3v) is 5.91. The average Bonchev–Trinajstić information content (AvgIpc) is 3.32. The maximum absolute atomic E-state index is 13.1. The number of aromatic amines is 1. The molecule has 0 aliphatic heterocycles. The molecule has 0 unspecified atom stereocenters. The molecule has 32 heavy (non-hydrogen) atoms. The van der Waals surface area contributed by atoms with Crippen molar-refractivity contribution in [1.82, 2.24) is 20.1 Å². The molecule has 1 aromatic carbocycles. The molecule has 1 aliphatic rings. The number of fused-ring (bicyclic) bond motifs is 1. The molecule has 0 bridgehead atoms. The van der Waals surface area contributed by atoms with Gasteiger partial charge in [0.2, 0.25) is 0 Å². The third-order valence-electron chi connectivity index (χ3n) is 5.91. The molecule has 0 atom stereocenters. The van der Waals surface area contributed by atoms with Gasteiger partial charge >= 0.3 is 6.18 Å². The summed E-state index contributed by atoms with van der Waals surface area (Å²) < 4.78 is 41.2. The Morgan fingerprint density at radius 3 is 2.69 bits per heavy atom. The van der Waals surface area contributed by atoms with Gasteiger partial charge in [-0.05, 0) is 44.4 Å². The minimum Gasteiger partial charge on any atom is -0.494 e. The lowest BCUT2D eigenvalue weighted by atomic mass is 10.0. The first-order valence-electron chi connectivity index (χ1n) is 10.5. The second kappa shape index (κ2) is 7.99. The largest absolute Gasteiger partial charge is 0.494 e. The molecule has 0 radical (unpaired) electrons. The monoisotopic (exact) mass is 447 g/mol. The lowest BCUT2D eigenvalue weighted by molar-refractivity contribution is -0.184. The molecule has 2 heterocycles. The van der Waals surface area contributed by atoms with E-state index < -0.39 is 24.0 Å². The van der Waals surface area contributed by atoms with Crippen LogP contribution in [0.3, 0.4) is 0 Å². The Morgan fingerprint density at radius 1 is 1.34 bits per heavy atom. The normalized spacial score (nSPS) is 15.8. The number of rotatable bonds is 7. The predicted molar refractivity (Wildman–Crippen MR) is 114 cm³/mol. The molecule has 1 fully saturated rings. The van der Waals surface area contributed by atoms with Crippen LogP contribution in [0.2, 0.25) is 0 Å². The van der Waals surface area contributed by atoms with E-state index >= 15 is 0 Å². The Bertz CT molecular complexity index is 1190. The summed E-state index contributed by atoms with van der Waals surface area (Å²) in [5.41, 5.74) is 0.674. The van der Waals surface area contributed by atoms with Crippen LogP contribution in [0.1, 0.15) is 49.0 Å². The number of carbonyl (C=O) groups excluding carboxylic acids is 1. The van der Waals surface area contributed by atoms with Gasteiger partial charge in [-0.3, -0.25) is 9.48 Å². The van der Waals surface area contributed by atoms with E-state index in [0.717, 1.165) is 0 Å². The third kappa shape index (κ3) is 3.96. The summed E-state index contributed by atoms with van der Waals surface area (Å²) in [6, 6.07) is 4.69. The van der Waals surface area contributed by atoms with Crippen molar-refractivity contribution in [3.8, 4) is 5.88 Å². The van der Waals surface area contributed by atoms with Gasteiger partial charge in [0, 0.05) is 29.6 Å². The number of aromatic hydroxyl groups is 1. The van der Waals surface area contributed by atoms with Crippen LogP contribution < -0.4 is 5.32 Å². The highest BCUT2D eigenvalue weighted by molar-refractivity contribution is 6.14. The maximum Gasteiger partial charge on any atom is 0.396 e. The van der Waals surface area contributed by atoms with Crippen molar-refractivity contribution in [2.45, 2.75) is 45.8 Å². The Kier molecular flexibility index (Phi) is 5.47. The molecule has 3 N–H and O–H groups in total. The Balaban J connectivity index is 1.64. The van der Waals surface area contributed by atoms with Crippen LogP contribution in [0.4, 0.5) is 18.9 Å². The van der Waals surface area contributed by atoms with E-state index in [1.165, 1.54) is 6.07 Å². The standard InChI is InChI=1S/C22H24F3N5O2/c1-3-16(28-14-10-27-30(4-2)11-14)18-15-9-13(5-6-17(15)29-20(18)32)19(31)26-12-21(7-8-21)22(23,24)25/h5-6,9-11,29,32H,3-4,7-8,12H2,1-2H3,(H,26,31). The van der Waals surface area contributed by atoms with E-state index in [4.69, 9.17) is 0 Å². The molecule has 4 rings (SSSR count). The molecular formula is C22H24F3N5O2. The van der Waals surface area contributed by atoms with Crippen molar-refractivity contribution < 1.29 is 23.1 Å². The number of benzene rings is 1. The Hall–Kier alpha value is -3.30. The minimum atomic E-state index is -4.33. The fraction of sp³-hybridized carbons (Fsp3) is 0.409. The van der Waals surface area contributed by atoms with Gasteiger partial charge in [0.15, 0.2) is 5.88 Å². The van der Waals surface area contributed by atoms with Crippen molar-refractivity contribution in [2.75, 3.05) is 6.54 Å². The molecule has 1 amide bonds. The zero-order chi connectivity index (χ0) is 23.1. The number of H-pyrrole nitrogens is 1. The average molecular weight is 447 g/mol. The van der Waals surface area contributed by atoms with Gasteiger partial charge in [-0.2, -0.15) is 18.3 Å². The van der Waals surface area contributed by atoms with Crippen molar-refractivity contribution in [2.24, 2.45) is 10.4 Å². The Labute approximate surface area is 182 Å². The summed E-state index contributed by atoms with van der Waals surface area (Å²) in [6.45, 7) is 4.11. The van der Waals surface area contributed by atoms with E-state index in [1.54, 1.807) is 29.2 Å². The Morgan fingerprint density at radius 2 is 2.09 bits per heavy atom. The highest BCUT2D eigenvalue weighted by Crippen LogP contribution is 2.57. The topological polar surface area (TPSA) is 95.3 Å². The number of aryl methyl sites for hydroxylation is 1. The van der Waals surface area contributed by atoms with Crippen LogP contribution in [0.5, 0.6) is 5.88 Å². The fourth-order valence-corrected chi connectivity index (χ4v) is 3.72. The van der Waals surface area contributed by atoms with E-state index in [9.17, 15) is 23.1 Å². The SMILES string of the molecule is CCC(=Nc1cnn(CC)c1)c1c(O)[nH]c2ccc(C(=O)NCC3(C(F)(F)F)CC3)cc12. The van der Waals surface area contributed by atoms with Gasteiger partial charge in [-0.15, -0.1) is 0 Å². The van der Waals surface area contributed by atoms with Gasteiger partial charge in [-0.25, -0.2) is 4.99 Å². The number of nitrogens with one attached hydrogen (secondary N) is 2. The summed E-state index contributed by atoms with van der Waals surface area (Å²) in [6.07, 6.45) is -0.371. The smallest absolute Gasteiger partial charge is 0.396 e. The molecule has 0 spiro atoms. The molecule has 3 aromatic rings. The van der Waals surface area contributed by atoms with Crippen molar-refractivity contribution >= 4 is 28.2 Å². The van der Waals surface area contributed by atoms with Crippen LogP contribution in [0.15, 0.2) is 35.6 Å². The number of carbonyl (C=O) groups is 1. The fourth-order valence-electron chi connectivity index (χ4n) is 3.72. The molecule has 170 valence electrons. The van der Waals surface area contributed by atoms with Crippen LogP contribution in [0.25, 0.3) is 10.9 Å². The minimum absolute atomic E-state index is 0.0244. The van der Waals surface area contributed by atoms with Crippen LogP contribution >= 0.6 is 0 Å². The lowest BCUT2D eigenvalue weighted by Crippen LogP contribution is -2.38. The van der Waals surface area contributed by atoms with Crippen LogP contribution in [-0.2, 0) is 6.54 Å². The first-order valence-corrected chi connectivity index (χ1v) is 10.5. The highest BCUT2D eigenvalue weighted by Gasteiger charge is 2.63. The van der Waals surface area contributed by atoms with E-state index in [0.29, 0.717) is 40.8 Å².